The van der Waals surface area contributed by atoms with Crippen LogP contribution in [0.3, 0.4) is 0 Å². The molecule has 0 aliphatic heterocycles. The molecule has 1 aliphatic rings. The molecular weight excluding hydrogens is 394 g/mol. The number of benzene rings is 1. The predicted molar refractivity (Wildman–Crippen MR) is 95.9 cm³/mol. The van der Waals surface area contributed by atoms with Crippen molar-refractivity contribution in [3.8, 4) is 5.75 Å². The van der Waals surface area contributed by atoms with Crippen LogP contribution in [0.2, 0.25) is 0 Å². The van der Waals surface area contributed by atoms with Crippen molar-refractivity contribution in [2.75, 3.05) is 13.2 Å². The Labute approximate surface area is 145 Å². The molecule has 0 heterocycles. The van der Waals surface area contributed by atoms with Gasteiger partial charge in [-0.05, 0) is 74.7 Å². The molecule has 0 unspecified atom stereocenters. The Hall–Kier alpha value is -0.0600. The molecule has 1 aromatic carbocycles. The molecule has 118 valence electrons. The van der Waals surface area contributed by atoms with Crippen molar-refractivity contribution in [3.05, 3.63) is 26.6 Å². The summed E-state index contributed by atoms with van der Waals surface area (Å²) in [7, 11) is 0. The van der Waals surface area contributed by atoms with Gasteiger partial charge in [-0.1, -0.05) is 26.2 Å². The molecule has 1 aromatic rings. The van der Waals surface area contributed by atoms with E-state index in [1.165, 1.54) is 37.7 Å². The largest absolute Gasteiger partial charge is 0.492 e. The molecule has 2 rings (SSSR count). The van der Waals surface area contributed by atoms with Gasteiger partial charge in [0, 0.05) is 13.1 Å². The van der Waals surface area contributed by atoms with Gasteiger partial charge in [-0.3, -0.25) is 0 Å². The van der Waals surface area contributed by atoms with Crippen molar-refractivity contribution in [1.29, 1.82) is 0 Å². The van der Waals surface area contributed by atoms with Crippen molar-refractivity contribution in [2.24, 2.45) is 5.41 Å². The van der Waals surface area contributed by atoms with Crippen LogP contribution in [0.25, 0.3) is 0 Å². The lowest BCUT2D eigenvalue weighted by Crippen LogP contribution is -2.33. The van der Waals surface area contributed by atoms with E-state index < -0.39 is 0 Å². The van der Waals surface area contributed by atoms with Crippen LogP contribution in [0.1, 0.15) is 51.5 Å². The molecule has 0 radical (unpaired) electrons. The smallest absolute Gasteiger partial charge is 0.147 e. The average Bonchev–Trinajstić information content (AvgIpc) is 2.43. The molecule has 4 heteroatoms. The number of rotatable bonds is 6. The lowest BCUT2D eigenvalue weighted by atomic mass is 9.76. The van der Waals surface area contributed by atoms with Crippen molar-refractivity contribution >= 4 is 31.9 Å². The molecular formula is C17H25Br2NO. The molecule has 0 bridgehead atoms. The second-order valence-corrected chi connectivity index (χ2v) is 8.01. The molecule has 1 saturated carbocycles. The first-order valence-corrected chi connectivity index (χ1v) is 9.44. The van der Waals surface area contributed by atoms with Crippen molar-refractivity contribution < 1.29 is 4.74 Å². The van der Waals surface area contributed by atoms with Gasteiger partial charge in [-0.25, -0.2) is 0 Å². The van der Waals surface area contributed by atoms with Crippen molar-refractivity contribution in [1.82, 2.24) is 5.32 Å². The molecule has 0 amide bonds. The summed E-state index contributed by atoms with van der Waals surface area (Å²) in [6.45, 7) is 7.10. The third kappa shape index (κ3) is 4.97. The Balaban J connectivity index is 1.91. The fourth-order valence-corrected chi connectivity index (χ4v) is 4.60. The second kappa shape index (κ2) is 7.98. The summed E-state index contributed by atoms with van der Waals surface area (Å²) in [6.07, 6.45) is 6.90. The highest BCUT2D eigenvalue weighted by Gasteiger charge is 2.26. The highest BCUT2D eigenvalue weighted by molar-refractivity contribution is 9.11. The lowest BCUT2D eigenvalue weighted by molar-refractivity contribution is 0.207. The minimum atomic E-state index is 0.484. The van der Waals surface area contributed by atoms with E-state index in [1.54, 1.807) is 0 Å². The molecule has 0 atom stereocenters. The Morgan fingerprint density at radius 1 is 1.14 bits per heavy atom. The maximum atomic E-state index is 5.62. The van der Waals surface area contributed by atoms with E-state index in [0.29, 0.717) is 12.0 Å². The van der Waals surface area contributed by atoms with Gasteiger partial charge in [0.25, 0.3) is 0 Å². The molecule has 0 saturated heterocycles. The van der Waals surface area contributed by atoms with Gasteiger partial charge < -0.3 is 10.1 Å². The Morgan fingerprint density at radius 2 is 1.76 bits per heavy atom. The minimum absolute atomic E-state index is 0.484. The normalized spacial score (nSPS) is 17.7. The Morgan fingerprint density at radius 3 is 2.33 bits per heavy atom. The Bertz CT molecular complexity index is 447. The standard InChI is InChI=1S/C17H25Br2NO/c1-3-21-16-14(18)9-13(10-15(16)19)11-20-12-17(2)7-5-4-6-8-17/h9-10,20H,3-8,11-12H2,1-2H3. The predicted octanol–water partition coefficient (Wildman–Crippen LogP) is 5.67. The fourth-order valence-electron chi connectivity index (χ4n) is 3.09. The fraction of sp³-hybridized carbons (Fsp3) is 0.647. The molecule has 21 heavy (non-hydrogen) atoms. The Kier molecular flexibility index (Phi) is 6.57. The van der Waals surface area contributed by atoms with Crippen molar-refractivity contribution in [3.63, 3.8) is 0 Å². The summed E-state index contributed by atoms with van der Waals surface area (Å²) in [4.78, 5) is 0. The van der Waals surface area contributed by atoms with Gasteiger partial charge >= 0.3 is 0 Å². The molecule has 1 fully saturated rings. The van der Waals surface area contributed by atoms with E-state index in [4.69, 9.17) is 4.74 Å². The number of ether oxygens (including phenoxy) is 1. The molecule has 1 N–H and O–H groups in total. The monoisotopic (exact) mass is 417 g/mol. The molecule has 2 nitrogen and oxygen atoms in total. The highest BCUT2D eigenvalue weighted by Crippen LogP contribution is 2.36. The summed E-state index contributed by atoms with van der Waals surface area (Å²) in [5, 5.41) is 3.64. The zero-order chi connectivity index (χ0) is 15.3. The van der Waals surface area contributed by atoms with Crippen LogP contribution < -0.4 is 10.1 Å². The zero-order valence-corrected chi connectivity index (χ0v) is 16.1. The van der Waals surface area contributed by atoms with E-state index in [1.807, 2.05) is 6.92 Å². The van der Waals surface area contributed by atoms with Gasteiger partial charge in [-0.2, -0.15) is 0 Å². The van der Waals surface area contributed by atoms with Gasteiger partial charge in [0.15, 0.2) is 0 Å². The number of nitrogens with one attached hydrogen (secondary N) is 1. The topological polar surface area (TPSA) is 21.3 Å². The quantitative estimate of drug-likeness (QED) is 0.642. The van der Waals surface area contributed by atoms with E-state index in [2.05, 4.69) is 56.2 Å². The summed E-state index contributed by atoms with van der Waals surface area (Å²) in [6, 6.07) is 4.29. The third-order valence-corrected chi connectivity index (χ3v) is 5.47. The van der Waals surface area contributed by atoms with E-state index >= 15 is 0 Å². The van der Waals surface area contributed by atoms with Gasteiger partial charge in [0.05, 0.1) is 15.6 Å². The summed E-state index contributed by atoms with van der Waals surface area (Å²) in [5.74, 6) is 0.889. The van der Waals surface area contributed by atoms with E-state index in [-0.39, 0.29) is 0 Å². The summed E-state index contributed by atoms with van der Waals surface area (Å²) in [5.41, 5.74) is 1.76. The van der Waals surface area contributed by atoms with E-state index in [0.717, 1.165) is 27.8 Å². The molecule has 0 spiro atoms. The van der Waals surface area contributed by atoms with Crippen LogP contribution >= 0.6 is 31.9 Å². The summed E-state index contributed by atoms with van der Waals surface area (Å²) >= 11 is 7.19. The third-order valence-electron chi connectivity index (χ3n) is 4.29. The van der Waals surface area contributed by atoms with Gasteiger partial charge in [0.2, 0.25) is 0 Å². The maximum absolute atomic E-state index is 5.62. The van der Waals surface area contributed by atoms with Crippen molar-refractivity contribution in [2.45, 2.75) is 52.5 Å². The first-order valence-electron chi connectivity index (χ1n) is 7.85. The van der Waals surface area contributed by atoms with Crippen LogP contribution in [0.4, 0.5) is 0 Å². The number of hydrogen-bond acceptors (Lipinski definition) is 2. The van der Waals surface area contributed by atoms with Gasteiger partial charge in [-0.15, -0.1) is 0 Å². The van der Waals surface area contributed by atoms with Crippen LogP contribution in [0.5, 0.6) is 5.75 Å². The van der Waals surface area contributed by atoms with Crippen LogP contribution in [0.15, 0.2) is 21.1 Å². The van der Waals surface area contributed by atoms with E-state index in [9.17, 15) is 0 Å². The maximum Gasteiger partial charge on any atom is 0.147 e. The first-order chi connectivity index (χ1) is 10.0. The van der Waals surface area contributed by atoms with Crippen LogP contribution in [-0.2, 0) is 6.54 Å². The molecule has 0 aromatic heterocycles. The first kappa shape index (κ1) is 17.3. The number of hydrogen-bond donors (Lipinski definition) is 1. The average molecular weight is 419 g/mol. The lowest BCUT2D eigenvalue weighted by Gasteiger charge is -2.33. The molecule has 1 aliphatic carbocycles. The van der Waals surface area contributed by atoms with Crippen LogP contribution in [-0.4, -0.2) is 13.2 Å². The minimum Gasteiger partial charge on any atom is -0.492 e. The SMILES string of the molecule is CCOc1c(Br)cc(CNCC2(C)CCCCC2)cc1Br. The zero-order valence-electron chi connectivity index (χ0n) is 13.0. The van der Waals surface area contributed by atoms with Crippen LogP contribution in [0, 0.1) is 5.41 Å². The number of halogens is 2. The highest BCUT2D eigenvalue weighted by atomic mass is 79.9. The van der Waals surface area contributed by atoms with Gasteiger partial charge in [0.1, 0.15) is 5.75 Å². The summed E-state index contributed by atoms with van der Waals surface area (Å²) < 4.78 is 7.65. The second-order valence-electron chi connectivity index (χ2n) is 6.30.